The zero-order valence-corrected chi connectivity index (χ0v) is 11.7. The predicted molar refractivity (Wildman–Crippen MR) is 75.8 cm³/mol. The van der Waals surface area contributed by atoms with Gasteiger partial charge in [0.05, 0.1) is 5.56 Å². The second kappa shape index (κ2) is 4.97. The first-order valence-electron chi connectivity index (χ1n) is 6.16. The van der Waals surface area contributed by atoms with Crippen molar-refractivity contribution in [3.05, 3.63) is 69.9 Å². The molecule has 0 aliphatic heterocycles. The van der Waals surface area contributed by atoms with Crippen molar-refractivity contribution in [2.75, 3.05) is 0 Å². The number of fused-ring (bicyclic) bond motifs is 1. The fourth-order valence-electron chi connectivity index (χ4n) is 2.21. The van der Waals surface area contributed by atoms with Crippen LogP contribution in [0.1, 0.15) is 21.7 Å². The first kappa shape index (κ1) is 13.8. The first-order valence-corrected chi connectivity index (χ1v) is 6.53. The van der Waals surface area contributed by atoms with Crippen LogP contribution >= 0.6 is 11.6 Å². The second-order valence-corrected chi connectivity index (χ2v) is 5.09. The van der Waals surface area contributed by atoms with Crippen molar-refractivity contribution in [1.82, 2.24) is 0 Å². The molecule has 3 aromatic rings. The van der Waals surface area contributed by atoms with Crippen LogP contribution < -0.4 is 0 Å². The lowest BCUT2D eigenvalue weighted by Crippen LogP contribution is -2.04. The van der Waals surface area contributed by atoms with E-state index in [9.17, 15) is 13.6 Å². The average molecular weight is 307 g/mol. The molecule has 1 aromatic heterocycles. The van der Waals surface area contributed by atoms with E-state index in [2.05, 4.69) is 0 Å². The second-order valence-electron chi connectivity index (χ2n) is 4.65. The molecular formula is C16H9ClF2O2. The normalized spacial score (nSPS) is 11.0. The molecule has 1 heterocycles. The standard InChI is InChI=1S/C16H9ClF2O2/c1-8-12-6-9(17)2-5-14(12)21-16(8)15(20)11-4-3-10(18)7-13(11)19/h2-7H,1H3. The highest BCUT2D eigenvalue weighted by Crippen LogP contribution is 2.29. The highest BCUT2D eigenvalue weighted by molar-refractivity contribution is 6.31. The molecular weight excluding hydrogens is 298 g/mol. The van der Waals surface area contributed by atoms with Crippen molar-refractivity contribution < 1.29 is 18.0 Å². The van der Waals surface area contributed by atoms with Gasteiger partial charge in [0.15, 0.2) is 5.76 Å². The molecule has 2 aromatic carbocycles. The van der Waals surface area contributed by atoms with Gasteiger partial charge in [0.1, 0.15) is 17.2 Å². The molecule has 0 radical (unpaired) electrons. The quantitative estimate of drug-likeness (QED) is 0.630. The number of rotatable bonds is 2. The van der Waals surface area contributed by atoms with Crippen molar-refractivity contribution >= 4 is 28.4 Å². The lowest BCUT2D eigenvalue weighted by molar-refractivity contribution is 0.101. The fraction of sp³-hybridized carbons (Fsp3) is 0.0625. The Balaban J connectivity index is 2.15. The number of carbonyl (C=O) groups is 1. The average Bonchev–Trinajstić information content (AvgIpc) is 2.75. The van der Waals surface area contributed by atoms with Gasteiger partial charge in [0, 0.05) is 22.0 Å². The fourth-order valence-corrected chi connectivity index (χ4v) is 2.38. The SMILES string of the molecule is Cc1c(C(=O)c2ccc(F)cc2F)oc2ccc(Cl)cc12. The van der Waals surface area contributed by atoms with Gasteiger partial charge in [-0.2, -0.15) is 0 Å². The Morgan fingerprint density at radius 1 is 1.14 bits per heavy atom. The highest BCUT2D eigenvalue weighted by Gasteiger charge is 2.22. The minimum Gasteiger partial charge on any atom is -0.452 e. The summed E-state index contributed by atoms with van der Waals surface area (Å²) in [5, 5.41) is 1.20. The summed E-state index contributed by atoms with van der Waals surface area (Å²) in [6, 6.07) is 7.76. The smallest absolute Gasteiger partial charge is 0.231 e. The summed E-state index contributed by atoms with van der Waals surface area (Å²) in [5.74, 6) is -2.26. The van der Waals surface area contributed by atoms with Gasteiger partial charge in [-0.3, -0.25) is 4.79 Å². The highest BCUT2D eigenvalue weighted by atomic mass is 35.5. The Labute approximate surface area is 123 Å². The Morgan fingerprint density at radius 2 is 1.90 bits per heavy atom. The van der Waals surface area contributed by atoms with E-state index in [0.717, 1.165) is 12.1 Å². The van der Waals surface area contributed by atoms with Gasteiger partial charge in [0.2, 0.25) is 5.78 Å². The van der Waals surface area contributed by atoms with E-state index in [-0.39, 0.29) is 11.3 Å². The molecule has 5 heteroatoms. The maximum atomic E-state index is 13.7. The number of carbonyl (C=O) groups excluding carboxylic acids is 1. The van der Waals surface area contributed by atoms with E-state index < -0.39 is 17.4 Å². The van der Waals surface area contributed by atoms with Gasteiger partial charge in [-0.15, -0.1) is 0 Å². The molecule has 0 atom stereocenters. The third-order valence-corrected chi connectivity index (χ3v) is 3.52. The maximum Gasteiger partial charge on any atom is 0.231 e. The van der Waals surface area contributed by atoms with Gasteiger partial charge in [-0.25, -0.2) is 8.78 Å². The molecule has 0 amide bonds. The molecule has 2 nitrogen and oxygen atoms in total. The monoisotopic (exact) mass is 306 g/mol. The van der Waals surface area contributed by atoms with Crippen LogP contribution in [0.4, 0.5) is 8.78 Å². The summed E-state index contributed by atoms with van der Waals surface area (Å²) in [6.07, 6.45) is 0. The van der Waals surface area contributed by atoms with Gasteiger partial charge in [-0.05, 0) is 37.3 Å². The Kier molecular flexibility index (Phi) is 3.26. The number of aryl methyl sites for hydroxylation is 1. The third-order valence-electron chi connectivity index (χ3n) is 3.28. The van der Waals surface area contributed by atoms with Crippen LogP contribution in [0, 0.1) is 18.6 Å². The van der Waals surface area contributed by atoms with Crippen LogP contribution in [-0.2, 0) is 0 Å². The number of hydrogen-bond donors (Lipinski definition) is 0. The first-order chi connectivity index (χ1) is 9.97. The lowest BCUT2D eigenvalue weighted by Gasteiger charge is -2.01. The van der Waals surface area contributed by atoms with Crippen molar-refractivity contribution in [1.29, 1.82) is 0 Å². The van der Waals surface area contributed by atoms with Gasteiger partial charge < -0.3 is 4.42 Å². The molecule has 21 heavy (non-hydrogen) atoms. The van der Waals surface area contributed by atoms with Gasteiger partial charge in [0.25, 0.3) is 0 Å². The molecule has 3 rings (SSSR count). The zero-order valence-electron chi connectivity index (χ0n) is 10.9. The topological polar surface area (TPSA) is 30.2 Å². The Bertz CT molecular complexity index is 868. The number of hydrogen-bond acceptors (Lipinski definition) is 2. The summed E-state index contributed by atoms with van der Waals surface area (Å²) in [6.45, 7) is 1.69. The summed E-state index contributed by atoms with van der Waals surface area (Å²) in [7, 11) is 0. The zero-order chi connectivity index (χ0) is 15.1. The molecule has 0 aliphatic rings. The molecule has 0 saturated heterocycles. The van der Waals surface area contributed by atoms with Crippen LogP contribution in [0.25, 0.3) is 11.0 Å². The van der Waals surface area contributed by atoms with Crippen molar-refractivity contribution in [3.63, 3.8) is 0 Å². The van der Waals surface area contributed by atoms with E-state index in [1.807, 2.05) is 0 Å². The van der Waals surface area contributed by atoms with Crippen LogP contribution in [-0.4, -0.2) is 5.78 Å². The summed E-state index contributed by atoms with van der Waals surface area (Å²) >= 11 is 5.91. The molecule has 0 N–H and O–H groups in total. The number of benzene rings is 2. The Hall–Kier alpha value is -2.20. The molecule has 0 unspecified atom stereocenters. The lowest BCUT2D eigenvalue weighted by atomic mass is 10.0. The summed E-state index contributed by atoms with van der Waals surface area (Å²) in [5.41, 5.74) is 0.827. The third kappa shape index (κ3) is 2.32. The summed E-state index contributed by atoms with van der Waals surface area (Å²) < 4.78 is 32.1. The predicted octanol–water partition coefficient (Wildman–Crippen LogP) is 4.90. The number of halogens is 3. The van der Waals surface area contributed by atoms with Gasteiger partial charge in [-0.1, -0.05) is 11.6 Å². The van der Waals surface area contributed by atoms with Crippen LogP contribution in [0.5, 0.6) is 0 Å². The number of ketones is 1. The Morgan fingerprint density at radius 3 is 2.62 bits per heavy atom. The largest absolute Gasteiger partial charge is 0.452 e. The van der Waals surface area contributed by atoms with Crippen LogP contribution in [0.3, 0.4) is 0 Å². The molecule has 0 fully saturated rings. The van der Waals surface area contributed by atoms with E-state index >= 15 is 0 Å². The minimum absolute atomic E-state index is 0.0257. The molecule has 0 bridgehead atoms. The minimum atomic E-state index is -0.919. The van der Waals surface area contributed by atoms with Crippen LogP contribution in [0.15, 0.2) is 40.8 Å². The van der Waals surface area contributed by atoms with E-state index in [1.54, 1.807) is 25.1 Å². The summed E-state index contributed by atoms with van der Waals surface area (Å²) in [4.78, 5) is 12.4. The van der Waals surface area contributed by atoms with E-state index in [4.69, 9.17) is 16.0 Å². The van der Waals surface area contributed by atoms with Crippen molar-refractivity contribution in [2.45, 2.75) is 6.92 Å². The molecule has 106 valence electrons. The molecule has 0 saturated carbocycles. The van der Waals surface area contributed by atoms with Crippen molar-refractivity contribution in [3.8, 4) is 0 Å². The van der Waals surface area contributed by atoms with Crippen LogP contribution in [0.2, 0.25) is 5.02 Å². The molecule has 0 spiro atoms. The maximum absolute atomic E-state index is 13.7. The molecule has 0 aliphatic carbocycles. The van der Waals surface area contributed by atoms with E-state index in [1.165, 1.54) is 0 Å². The van der Waals surface area contributed by atoms with Gasteiger partial charge >= 0.3 is 0 Å². The number of furan rings is 1. The van der Waals surface area contributed by atoms with Crippen molar-refractivity contribution in [2.24, 2.45) is 0 Å². The van der Waals surface area contributed by atoms with E-state index in [0.29, 0.717) is 27.6 Å².